The van der Waals surface area contributed by atoms with Gasteiger partial charge in [0, 0.05) is 5.57 Å². The highest BCUT2D eigenvalue weighted by molar-refractivity contribution is 7.92. The molecular formula is C8H9BClNO4S. The fourth-order valence-electron chi connectivity index (χ4n) is 1.81. The predicted molar refractivity (Wildman–Crippen MR) is 60.6 cm³/mol. The van der Waals surface area contributed by atoms with Gasteiger partial charge in [-0.1, -0.05) is 0 Å². The highest BCUT2D eigenvalue weighted by Gasteiger charge is 2.52. The smallest absolute Gasteiger partial charge is 0.337 e. The van der Waals surface area contributed by atoms with Gasteiger partial charge in [0.25, 0.3) is 0 Å². The number of nitrogens with zero attached hydrogens (tertiary/aromatic N) is 1. The van der Waals surface area contributed by atoms with Gasteiger partial charge in [-0.3, -0.25) is 9.69 Å². The van der Waals surface area contributed by atoms with Crippen molar-refractivity contribution in [3.8, 4) is 0 Å². The van der Waals surface area contributed by atoms with Crippen molar-refractivity contribution in [1.29, 1.82) is 0 Å². The topological polar surface area (TPSA) is 69.7 Å². The number of carbonyl (C=O) groups is 2. The van der Waals surface area contributed by atoms with Crippen LogP contribution in [0.25, 0.3) is 0 Å². The molecule has 1 fully saturated rings. The second-order valence-corrected chi connectivity index (χ2v) is 5.39. The third kappa shape index (κ3) is 1.63. The lowest BCUT2D eigenvalue weighted by molar-refractivity contribution is -0.145. The summed E-state index contributed by atoms with van der Waals surface area (Å²) in [6, 6.07) is 0. The van der Waals surface area contributed by atoms with E-state index >= 15 is 0 Å². The summed E-state index contributed by atoms with van der Waals surface area (Å²) in [5.74, 6) is -0.485. The van der Waals surface area contributed by atoms with E-state index in [0.29, 0.717) is 5.57 Å². The van der Waals surface area contributed by atoms with Crippen molar-refractivity contribution in [2.24, 2.45) is 0 Å². The van der Waals surface area contributed by atoms with Crippen LogP contribution in [0.2, 0.25) is 0 Å². The number of hydrogen-bond donors (Lipinski definition) is 0. The molecule has 1 unspecified atom stereocenters. The molecule has 1 amide bonds. The number of alkyl halides is 1. The lowest BCUT2D eigenvalue weighted by atomic mass is 10.1. The minimum absolute atomic E-state index is 0.0761. The SMILES string of the molecule is BOC(=O)C1=C(CCl)C[S+]([O-])[C@@H]2CC(=O)N12. The molecule has 2 aliphatic rings. The number of hydrogen-bond acceptors (Lipinski definition) is 4. The largest absolute Gasteiger partial charge is 0.614 e. The van der Waals surface area contributed by atoms with E-state index in [0.717, 1.165) is 0 Å². The minimum atomic E-state index is -1.16. The first kappa shape index (κ1) is 11.8. The molecule has 0 spiro atoms. The average Bonchev–Trinajstić information content (AvgIpc) is 2.28. The first-order chi connectivity index (χ1) is 7.60. The van der Waals surface area contributed by atoms with Crippen LogP contribution in [-0.4, -0.2) is 46.4 Å². The Morgan fingerprint density at radius 2 is 2.44 bits per heavy atom. The molecule has 0 aromatic rings. The Labute approximate surface area is 101 Å². The highest BCUT2D eigenvalue weighted by Crippen LogP contribution is 2.36. The van der Waals surface area contributed by atoms with Gasteiger partial charge in [0.05, 0.1) is 12.3 Å². The van der Waals surface area contributed by atoms with Crippen molar-refractivity contribution in [2.75, 3.05) is 11.6 Å². The van der Waals surface area contributed by atoms with Gasteiger partial charge in [0.2, 0.25) is 11.3 Å². The van der Waals surface area contributed by atoms with Gasteiger partial charge in [-0.25, -0.2) is 4.79 Å². The van der Waals surface area contributed by atoms with E-state index in [1.54, 1.807) is 0 Å². The number of amides is 1. The molecule has 0 N–H and O–H groups in total. The van der Waals surface area contributed by atoms with Crippen LogP contribution in [-0.2, 0) is 25.4 Å². The Hall–Kier alpha value is -0.655. The molecular weight excluding hydrogens is 252 g/mol. The Balaban J connectivity index is 2.40. The van der Waals surface area contributed by atoms with Crippen LogP contribution in [0, 0.1) is 0 Å². The van der Waals surface area contributed by atoms with Crippen LogP contribution in [0.4, 0.5) is 0 Å². The summed E-state index contributed by atoms with van der Waals surface area (Å²) >= 11 is 4.53. The van der Waals surface area contributed by atoms with Crippen LogP contribution in [0.1, 0.15) is 6.42 Å². The summed E-state index contributed by atoms with van der Waals surface area (Å²) in [4.78, 5) is 24.2. The van der Waals surface area contributed by atoms with Crippen LogP contribution in [0.3, 0.4) is 0 Å². The summed E-state index contributed by atoms with van der Waals surface area (Å²) in [6.07, 6.45) is 0.225. The van der Waals surface area contributed by atoms with E-state index in [2.05, 4.69) is 4.65 Å². The Morgan fingerprint density at radius 3 is 2.94 bits per heavy atom. The maximum atomic E-state index is 11.7. The van der Waals surface area contributed by atoms with E-state index in [4.69, 9.17) is 11.6 Å². The number of β-lactam (4-membered cyclic amide) rings is 1. The lowest BCUT2D eigenvalue weighted by Crippen LogP contribution is -2.60. The van der Waals surface area contributed by atoms with Crippen molar-refractivity contribution in [3.05, 3.63) is 11.3 Å². The molecule has 16 heavy (non-hydrogen) atoms. The quantitative estimate of drug-likeness (QED) is 0.274. The van der Waals surface area contributed by atoms with E-state index in [1.165, 1.54) is 12.9 Å². The number of halogens is 1. The second-order valence-electron chi connectivity index (χ2n) is 3.52. The normalized spacial score (nSPS) is 28.6. The summed E-state index contributed by atoms with van der Waals surface area (Å²) in [5, 5.41) is -0.381. The molecule has 5 nitrogen and oxygen atoms in total. The number of carbonyl (C=O) groups excluding carboxylic acids is 2. The first-order valence-corrected chi connectivity index (χ1v) is 6.57. The predicted octanol–water partition coefficient (Wildman–Crippen LogP) is -1.11. The molecule has 1 saturated heterocycles. The number of fused-ring (bicyclic) bond motifs is 1. The summed E-state index contributed by atoms with van der Waals surface area (Å²) in [5.41, 5.74) is 0.689. The molecule has 2 aliphatic heterocycles. The third-order valence-corrected chi connectivity index (χ3v) is 4.58. The fourth-order valence-corrected chi connectivity index (χ4v) is 3.71. The maximum absolute atomic E-state index is 11.7. The molecule has 0 radical (unpaired) electrons. The zero-order valence-electron chi connectivity index (χ0n) is 8.57. The number of rotatable bonds is 2. The van der Waals surface area contributed by atoms with Crippen LogP contribution in [0.15, 0.2) is 11.3 Å². The molecule has 0 aliphatic carbocycles. The zero-order chi connectivity index (χ0) is 11.9. The molecule has 0 aromatic carbocycles. The molecule has 2 rings (SSSR count). The van der Waals surface area contributed by atoms with Crippen molar-refractivity contribution in [1.82, 2.24) is 4.90 Å². The molecule has 2 heterocycles. The van der Waals surface area contributed by atoms with Crippen LogP contribution in [0.5, 0.6) is 0 Å². The molecule has 0 saturated carbocycles. The second kappa shape index (κ2) is 4.31. The molecule has 8 heteroatoms. The summed E-state index contributed by atoms with van der Waals surface area (Å²) < 4.78 is 16.3. The molecule has 2 atom stereocenters. The van der Waals surface area contributed by atoms with E-state index in [-0.39, 0.29) is 35.0 Å². The van der Waals surface area contributed by atoms with E-state index in [1.807, 2.05) is 0 Å². The van der Waals surface area contributed by atoms with Crippen LogP contribution >= 0.6 is 11.6 Å². The maximum Gasteiger partial charge on any atom is 0.337 e. The van der Waals surface area contributed by atoms with E-state index in [9.17, 15) is 14.1 Å². The molecule has 0 aromatic heterocycles. The Bertz CT molecular complexity index is 388. The van der Waals surface area contributed by atoms with Gasteiger partial charge in [0.1, 0.15) is 11.4 Å². The third-order valence-electron chi connectivity index (χ3n) is 2.64. The van der Waals surface area contributed by atoms with Gasteiger partial charge in [-0.2, -0.15) is 0 Å². The van der Waals surface area contributed by atoms with Gasteiger partial charge >= 0.3 is 14.0 Å². The highest BCUT2D eigenvalue weighted by atomic mass is 35.5. The lowest BCUT2D eigenvalue weighted by Gasteiger charge is -2.44. The Morgan fingerprint density at radius 1 is 1.75 bits per heavy atom. The minimum Gasteiger partial charge on any atom is -0.614 e. The van der Waals surface area contributed by atoms with Gasteiger partial charge < -0.3 is 9.21 Å². The molecule has 0 bridgehead atoms. The Kier molecular flexibility index (Phi) is 3.18. The molecule has 86 valence electrons. The van der Waals surface area contributed by atoms with Crippen molar-refractivity contribution >= 4 is 42.7 Å². The van der Waals surface area contributed by atoms with Crippen molar-refractivity contribution < 1.29 is 18.8 Å². The monoisotopic (exact) mass is 261 g/mol. The van der Waals surface area contributed by atoms with Gasteiger partial charge in [0.15, 0.2) is 0 Å². The van der Waals surface area contributed by atoms with E-state index < -0.39 is 17.1 Å². The van der Waals surface area contributed by atoms with Crippen molar-refractivity contribution in [2.45, 2.75) is 11.8 Å². The zero-order valence-corrected chi connectivity index (χ0v) is 10.1. The van der Waals surface area contributed by atoms with Crippen molar-refractivity contribution in [3.63, 3.8) is 0 Å². The summed E-state index contributed by atoms with van der Waals surface area (Å²) in [7, 11) is 1.24. The average molecular weight is 261 g/mol. The van der Waals surface area contributed by atoms with Gasteiger partial charge in [-0.05, 0) is 11.2 Å². The first-order valence-electron chi connectivity index (χ1n) is 4.65. The van der Waals surface area contributed by atoms with Gasteiger partial charge in [-0.15, -0.1) is 11.6 Å². The van der Waals surface area contributed by atoms with Crippen LogP contribution < -0.4 is 0 Å². The summed E-state index contributed by atoms with van der Waals surface area (Å²) in [6.45, 7) is 0. The standard InChI is InChI=1S/C8H9BClNO4S/c9-15-8(13)7-4(2-10)3-16(14)6-1-5(12)11(6)7/h6H,1-3,9H2/t6-,16?/m1/s1. The fraction of sp³-hybridized carbons (Fsp3) is 0.500.